The van der Waals surface area contributed by atoms with Gasteiger partial charge >= 0.3 is 6.29 Å². The van der Waals surface area contributed by atoms with E-state index in [9.17, 15) is 8.78 Å². The Bertz CT molecular complexity index is 505. The zero-order valence-electron chi connectivity index (χ0n) is 7.67. The molecule has 0 atom stereocenters. The second-order valence-electron chi connectivity index (χ2n) is 3.31. The molecule has 0 fully saturated rings. The van der Waals surface area contributed by atoms with Crippen LogP contribution in [0.15, 0.2) is 12.1 Å². The van der Waals surface area contributed by atoms with E-state index in [-0.39, 0.29) is 11.5 Å². The van der Waals surface area contributed by atoms with Gasteiger partial charge in [-0.2, -0.15) is 0 Å². The number of alkyl halides is 2. The molecule has 2 aromatic rings. The van der Waals surface area contributed by atoms with Crippen molar-refractivity contribution in [2.45, 2.75) is 13.2 Å². The predicted molar refractivity (Wildman–Crippen MR) is 47.0 cm³/mol. The van der Waals surface area contributed by atoms with E-state index >= 15 is 0 Å². The number of aromatic amines is 1. The van der Waals surface area contributed by atoms with Gasteiger partial charge in [0, 0.05) is 12.1 Å². The molecule has 1 aromatic heterocycles. The maximum absolute atomic E-state index is 12.7. The fourth-order valence-corrected chi connectivity index (χ4v) is 1.58. The summed E-state index contributed by atoms with van der Waals surface area (Å²) in [6.07, 6.45) is -3.57. The number of fused-ring (bicyclic) bond motifs is 2. The monoisotopic (exact) mass is 212 g/mol. The molecule has 0 amide bonds. The number of aromatic nitrogens is 2. The van der Waals surface area contributed by atoms with Crippen molar-refractivity contribution in [1.82, 2.24) is 9.97 Å². The number of ether oxygens (including phenoxy) is 2. The molecule has 0 radical (unpaired) electrons. The minimum absolute atomic E-state index is 0.0130. The Morgan fingerprint density at radius 1 is 1.27 bits per heavy atom. The normalized spacial score (nSPS) is 17.3. The van der Waals surface area contributed by atoms with Gasteiger partial charge in [-0.3, -0.25) is 0 Å². The SMILES string of the molecule is Cc1nc2cc3c(cc2[nH]1)OC(F)(F)O3. The highest BCUT2D eigenvalue weighted by Crippen LogP contribution is 2.42. The zero-order chi connectivity index (χ0) is 10.6. The van der Waals surface area contributed by atoms with Crippen LogP contribution in [0.1, 0.15) is 5.82 Å². The second kappa shape index (κ2) is 2.39. The number of hydrogen-bond donors (Lipinski definition) is 1. The lowest BCUT2D eigenvalue weighted by Crippen LogP contribution is -2.25. The van der Waals surface area contributed by atoms with Crippen LogP contribution >= 0.6 is 0 Å². The first kappa shape index (κ1) is 8.46. The Kier molecular flexibility index (Phi) is 1.35. The Morgan fingerprint density at radius 2 is 1.93 bits per heavy atom. The smallest absolute Gasteiger partial charge is 0.395 e. The summed E-state index contributed by atoms with van der Waals surface area (Å²) in [7, 11) is 0. The van der Waals surface area contributed by atoms with E-state index in [4.69, 9.17) is 0 Å². The van der Waals surface area contributed by atoms with Gasteiger partial charge in [-0.05, 0) is 6.92 Å². The van der Waals surface area contributed by atoms with Gasteiger partial charge in [0.15, 0.2) is 11.5 Å². The average Bonchev–Trinajstić information content (AvgIpc) is 2.55. The Hall–Kier alpha value is -1.85. The van der Waals surface area contributed by atoms with Crippen LogP contribution < -0.4 is 9.47 Å². The highest BCUT2D eigenvalue weighted by Gasteiger charge is 2.43. The molecule has 1 aliphatic heterocycles. The lowest BCUT2D eigenvalue weighted by Gasteiger charge is -2.04. The number of halogens is 2. The molecule has 2 heterocycles. The van der Waals surface area contributed by atoms with Crippen molar-refractivity contribution in [2.24, 2.45) is 0 Å². The molecular weight excluding hydrogens is 206 g/mol. The van der Waals surface area contributed by atoms with Gasteiger partial charge in [0.25, 0.3) is 0 Å². The number of nitrogens with one attached hydrogen (secondary N) is 1. The topological polar surface area (TPSA) is 47.1 Å². The number of H-pyrrole nitrogens is 1. The summed E-state index contributed by atoms with van der Waals surface area (Å²) >= 11 is 0. The van der Waals surface area contributed by atoms with Crippen LogP contribution in [-0.4, -0.2) is 16.3 Å². The van der Waals surface area contributed by atoms with Crippen LogP contribution in [0, 0.1) is 6.92 Å². The lowest BCUT2D eigenvalue weighted by atomic mass is 10.3. The first-order valence-electron chi connectivity index (χ1n) is 4.30. The second-order valence-corrected chi connectivity index (χ2v) is 3.31. The molecular formula is C9H6F2N2O2. The Balaban J connectivity index is 2.21. The van der Waals surface area contributed by atoms with Gasteiger partial charge in [-0.15, -0.1) is 8.78 Å². The molecule has 4 nitrogen and oxygen atoms in total. The molecule has 1 aliphatic rings. The summed E-state index contributed by atoms with van der Waals surface area (Å²) in [5.41, 5.74) is 1.22. The summed E-state index contributed by atoms with van der Waals surface area (Å²) in [5.74, 6) is 0.746. The maximum Gasteiger partial charge on any atom is 0.586 e. The molecule has 3 rings (SSSR count). The van der Waals surface area contributed by atoms with E-state index in [1.807, 2.05) is 0 Å². The average molecular weight is 212 g/mol. The minimum Gasteiger partial charge on any atom is -0.395 e. The van der Waals surface area contributed by atoms with Crippen LogP contribution in [0.3, 0.4) is 0 Å². The molecule has 0 saturated heterocycles. The zero-order valence-corrected chi connectivity index (χ0v) is 7.67. The van der Waals surface area contributed by atoms with E-state index in [0.29, 0.717) is 16.9 Å². The number of aryl methyl sites for hydroxylation is 1. The molecule has 0 saturated carbocycles. The van der Waals surface area contributed by atoms with Crippen molar-refractivity contribution in [3.63, 3.8) is 0 Å². The van der Waals surface area contributed by atoms with Gasteiger partial charge < -0.3 is 14.5 Å². The molecule has 1 aromatic carbocycles. The van der Waals surface area contributed by atoms with Crippen molar-refractivity contribution in [1.29, 1.82) is 0 Å². The quantitative estimate of drug-likeness (QED) is 0.728. The molecule has 78 valence electrons. The van der Waals surface area contributed by atoms with Crippen molar-refractivity contribution in [3.05, 3.63) is 18.0 Å². The van der Waals surface area contributed by atoms with E-state index in [1.54, 1.807) is 6.92 Å². The van der Waals surface area contributed by atoms with Gasteiger partial charge in [0.05, 0.1) is 11.0 Å². The first-order chi connectivity index (χ1) is 7.03. The van der Waals surface area contributed by atoms with Gasteiger partial charge in [0.2, 0.25) is 0 Å². The molecule has 0 aliphatic carbocycles. The summed E-state index contributed by atoms with van der Waals surface area (Å²) in [4.78, 5) is 7.03. The fraction of sp³-hybridized carbons (Fsp3) is 0.222. The van der Waals surface area contributed by atoms with E-state index in [0.717, 1.165) is 0 Å². The van der Waals surface area contributed by atoms with Crippen molar-refractivity contribution >= 4 is 11.0 Å². The summed E-state index contributed by atoms with van der Waals surface area (Å²) < 4.78 is 34.0. The van der Waals surface area contributed by atoms with Gasteiger partial charge in [0.1, 0.15) is 5.82 Å². The third-order valence-corrected chi connectivity index (χ3v) is 2.12. The molecule has 0 unspecified atom stereocenters. The summed E-state index contributed by atoms with van der Waals surface area (Å²) in [6.45, 7) is 1.78. The van der Waals surface area contributed by atoms with Crippen molar-refractivity contribution in [2.75, 3.05) is 0 Å². The highest BCUT2D eigenvalue weighted by molar-refractivity contribution is 5.80. The van der Waals surface area contributed by atoms with Crippen LogP contribution in [0.5, 0.6) is 11.5 Å². The number of imidazole rings is 1. The van der Waals surface area contributed by atoms with Crippen LogP contribution in [0.2, 0.25) is 0 Å². The fourth-order valence-electron chi connectivity index (χ4n) is 1.58. The number of nitrogens with zero attached hydrogens (tertiary/aromatic N) is 1. The number of rotatable bonds is 0. The molecule has 6 heteroatoms. The van der Waals surface area contributed by atoms with E-state index < -0.39 is 6.29 Å². The van der Waals surface area contributed by atoms with E-state index in [1.165, 1.54) is 12.1 Å². The van der Waals surface area contributed by atoms with Crippen molar-refractivity contribution < 1.29 is 18.3 Å². The van der Waals surface area contributed by atoms with Gasteiger partial charge in [-0.1, -0.05) is 0 Å². The Morgan fingerprint density at radius 3 is 2.67 bits per heavy atom. The summed E-state index contributed by atoms with van der Waals surface area (Å²) in [5, 5.41) is 0. The maximum atomic E-state index is 12.7. The molecule has 0 spiro atoms. The van der Waals surface area contributed by atoms with E-state index in [2.05, 4.69) is 19.4 Å². The number of benzene rings is 1. The number of hydrogen-bond acceptors (Lipinski definition) is 3. The molecule has 0 bridgehead atoms. The Labute approximate surface area is 82.8 Å². The highest BCUT2D eigenvalue weighted by atomic mass is 19.3. The minimum atomic E-state index is -3.57. The van der Waals surface area contributed by atoms with Gasteiger partial charge in [-0.25, -0.2) is 4.98 Å². The third-order valence-electron chi connectivity index (χ3n) is 2.12. The van der Waals surface area contributed by atoms with Crippen LogP contribution in [-0.2, 0) is 0 Å². The van der Waals surface area contributed by atoms with Crippen LogP contribution in [0.25, 0.3) is 11.0 Å². The van der Waals surface area contributed by atoms with Crippen molar-refractivity contribution in [3.8, 4) is 11.5 Å². The first-order valence-corrected chi connectivity index (χ1v) is 4.30. The standard InChI is InChI=1S/C9H6F2N2O2/c1-4-12-5-2-7-8(3-6(5)13-4)15-9(10,11)14-7/h2-3H,1H3,(H,12,13). The predicted octanol–water partition coefficient (Wildman–Crippen LogP) is 2.19. The third kappa shape index (κ3) is 1.21. The molecule has 15 heavy (non-hydrogen) atoms. The lowest BCUT2D eigenvalue weighted by molar-refractivity contribution is -0.286. The largest absolute Gasteiger partial charge is 0.586 e. The van der Waals surface area contributed by atoms with Crippen LogP contribution in [0.4, 0.5) is 8.78 Å². The molecule has 1 N–H and O–H groups in total. The summed E-state index contributed by atoms with van der Waals surface area (Å²) in [6, 6.07) is 2.88.